The van der Waals surface area contributed by atoms with Crippen LogP contribution < -0.4 is 5.32 Å². The molecule has 1 N–H and O–H groups in total. The average molecular weight is 505 g/mol. The summed E-state index contributed by atoms with van der Waals surface area (Å²) in [6.45, 7) is 9.57. The second-order valence-corrected chi connectivity index (χ2v) is 7.73. The molecule has 0 aromatic heterocycles. The number of amides is 1. The van der Waals surface area contributed by atoms with Crippen LogP contribution in [0.3, 0.4) is 0 Å². The van der Waals surface area contributed by atoms with E-state index in [0.29, 0.717) is 25.8 Å². The van der Waals surface area contributed by atoms with Crippen LogP contribution in [-0.2, 0) is 4.79 Å². The van der Waals surface area contributed by atoms with Gasteiger partial charge in [0.25, 0.3) is 5.91 Å². The molecular weight excluding hydrogens is 465 g/mol. The molecular formula is C29H39F3N2O2. The Morgan fingerprint density at radius 2 is 1.56 bits per heavy atom. The number of alkyl halides is 2. The van der Waals surface area contributed by atoms with E-state index in [9.17, 15) is 18.0 Å². The fourth-order valence-electron chi connectivity index (χ4n) is 3.78. The standard InChI is InChI=1S/C23H23FN2O.C2H4O.C2H6.2CH3F/c1-15(19-13-26(2)14-19)25-23(27)18-8-11-22-17(12-18)4-3-5-21(22)16-6-9-20(24)10-7-16;1-2-3;3*1-2/h3-12,15,19H,13-14H2,1-2H3,(H,25,27);2H,1H3;1-2H3;2*1H3/t15-;;;;/m1..../s1. The molecule has 1 aliphatic rings. The highest BCUT2D eigenvalue weighted by molar-refractivity contribution is 6.02. The van der Waals surface area contributed by atoms with Crippen molar-refractivity contribution in [1.29, 1.82) is 0 Å². The van der Waals surface area contributed by atoms with Crippen molar-refractivity contribution in [1.82, 2.24) is 10.2 Å². The Morgan fingerprint density at radius 3 is 2.08 bits per heavy atom. The molecule has 3 aromatic carbocycles. The summed E-state index contributed by atoms with van der Waals surface area (Å²) in [6, 6.07) is 18.4. The van der Waals surface area contributed by atoms with Crippen LogP contribution >= 0.6 is 0 Å². The SMILES string of the molecule is CC.CC=O.CF.CF.C[C@@H](NC(=O)c1ccc2c(-c3ccc(F)cc3)cccc2c1)C1CN(C)C1. The van der Waals surface area contributed by atoms with E-state index in [0.717, 1.165) is 41.3 Å². The summed E-state index contributed by atoms with van der Waals surface area (Å²) in [4.78, 5) is 23.7. The van der Waals surface area contributed by atoms with E-state index in [1.807, 2.05) is 50.2 Å². The first-order valence-electron chi connectivity index (χ1n) is 11.9. The van der Waals surface area contributed by atoms with E-state index < -0.39 is 0 Å². The number of nitrogens with one attached hydrogen (secondary N) is 1. The number of hydrogen-bond acceptors (Lipinski definition) is 3. The van der Waals surface area contributed by atoms with Crippen molar-refractivity contribution in [2.45, 2.75) is 33.7 Å². The summed E-state index contributed by atoms with van der Waals surface area (Å²) in [7, 11) is 3.09. The first-order chi connectivity index (χ1) is 17.4. The minimum atomic E-state index is -0.246. The maximum absolute atomic E-state index is 13.2. The molecule has 0 saturated carbocycles. The van der Waals surface area contributed by atoms with Crippen molar-refractivity contribution < 1.29 is 22.8 Å². The zero-order chi connectivity index (χ0) is 27.7. The van der Waals surface area contributed by atoms with Gasteiger partial charge in [0.05, 0.1) is 14.4 Å². The summed E-state index contributed by atoms with van der Waals surface area (Å²) in [5.74, 6) is 0.236. The zero-order valence-electron chi connectivity index (χ0n) is 22.3. The molecule has 198 valence electrons. The Morgan fingerprint density at radius 1 is 1.00 bits per heavy atom. The van der Waals surface area contributed by atoms with Crippen molar-refractivity contribution in [3.05, 3.63) is 72.0 Å². The van der Waals surface area contributed by atoms with Gasteiger partial charge in [0.2, 0.25) is 0 Å². The quantitative estimate of drug-likeness (QED) is 0.401. The molecule has 1 heterocycles. The first kappa shape index (κ1) is 32.8. The molecule has 0 aliphatic carbocycles. The Balaban J connectivity index is 0.00000122. The van der Waals surface area contributed by atoms with E-state index in [1.54, 1.807) is 12.1 Å². The fraction of sp³-hybridized carbons (Fsp3) is 0.379. The van der Waals surface area contributed by atoms with Crippen molar-refractivity contribution in [3.8, 4) is 11.1 Å². The average Bonchev–Trinajstić information content (AvgIpc) is 2.90. The predicted octanol–water partition coefficient (Wildman–Crippen LogP) is 6.73. The summed E-state index contributed by atoms with van der Waals surface area (Å²) >= 11 is 0. The number of fused-ring (bicyclic) bond motifs is 1. The van der Waals surface area contributed by atoms with Gasteiger partial charge in [-0.25, -0.2) is 4.39 Å². The summed E-state index contributed by atoms with van der Waals surface area (Å²) < 4.78 is 32.2. The van der Waals surface area contributed by atoms with Gasteiger partial charge < -0.3 is 15.0 Å². The molecule has 3 aromatic rings. The van der Waals surface area contributed by atoms with Gasteiger partial charge in [-0.2, -0.15) is 0 Å². The topological polar surface area (TPSA) is 49.4 Å². The van der Waals surface area contributed by atoms with Crippen molar-refractivity contribution in [2.24, 2.45) is 5.92 Å². The second-order valence-electron chi connectivity index (χ2n) is 7.73. The number of rotatable bonds is 4. The van der Waals surface area contributed by atoms with E-state index >= 15 is 0 Å². The molecule has 7 heteroatoms. The predicted molar refractivity (Wildman–Crippen MR) is 144 cm³/mol. The number of carbonyl (C=O) groups is 2. The maximum atomic E-state index is 13.2. The molecule has 1 atom stereocenters. The largest absolute Gasteiger partial charge is 0.349 e. The Hall–Kier alpha value is -3.19. The van der Waals surface area contributed by atoms with Crippen LogP contribution in [0.5, 0.6) is 0 Å². The van der Waals surface area contributed by atoms with Crippen LogP contribution in [-0.4, -0.2) is 57.6 Å². The van der Waals surface area contributed by atoms with Crippen LogP contribution in [0, 0.1) is 11.7 Å². The van der Waals surface area contributed by atoms with Crippen LogP contribution in [0.4, 0.5) is 13.2 Å². The van der Waals surface area contributed by atoms with E-state index in [1.165, 1.54) is 19.1 Å². The van der Waals surface area contributed by atoms with E-state index in [-0.39, 0.29) is 17.8 Å². The summed E-state index contributed by atoms with van der Waals surface area (Å²) in [5, 5.41) is 5.18. The van der Waals surface area contributed by atoms with Crippen molar-refractivity contribution in [2.75, 3.05) is 34.5 Å². The monoisotopic (exact) mass is 504 g/mol. The lowest BCUT2D eigenvalue weighted by molar-refractivity contribution is -0.106. The number of carbonyl (C=O) groups excluding carboxylic acids is 2. The van der Waals surface area contributed by atoms with Gasteiger partial charge in [-0.3, -0.25) is 13.6 Å². The molecule has 36 heavy (non-hydrogen) atoms. The number of halogens is 3. The highest BCUT2D eigenvalue weighted by Gasteiger charge is 2.29. The van der Waals surface area contributed by atoms with Gasteiger partial charge in [-0.15, -0.1) is 0 Å². The molecule has 4 rings (SSSR count). The maximum Gasteiger partial charge on any atom is 0.251 e. The Kier molecular flexibility index (Phi) is 16.5. The normalized spacial score (nSPS) is 12.9. The highest BCUT2D eigenvalue weighted by atomic mass is 19.1. The molecule has 1 saturated heterocycles. The number of hydrogen-bond donors (Lipinski definition) is 1. The molecule has 0 spiro atoms. The Labute approximate surface area is 213 Å². The third-order valence-electron chi connectivity index (χ3n) is 5.46. The van der Waals surface area contributed by atoms with Gasteiger partial charge in [0.1, 0.15) is 12.1 Å². The summed E-state index contributed by atoms with van der Waals surface area (Å²) in [6.07, 6.45) is 0.750. The number of likely N-dealkylation sites (tertiary alicyclic amines) is 1. The minimum absolute atomic E-state index is 0.0360. The molecule has 0 unspecified atom stereocenters. The molecule has 1 aliphatic heterocycles. The smallest absolute Gasteiger partial charge is 0.251 e. The first-order valence-corrected chi connectivity index (χ1v) is 11.9. The van der Waals surface area contributed by atoms with Crippen LogP contribution in [0.15, 0.2) is 60.7 Å². The van der Waals surface area contributed by atoms with Gasteiger partial charge >= 0.3 is 0 Å². The molecule has 0 bridgehead atoms. The van der Waals surface area contributed by atoms with Crippen LogP contribution in [0.2, 0.25) is 0 Å². The van der Waals surface area contributed by atoms with E-state index in [2.05, 4.69) is 24.2 Å². The second kappa shape index (κ2) is 18.1. The number of benzene rings is 3. The summed E-state index contributed by atoms with van der Waals surface area (Å²) in [5.41, 5.74) is 2.66. The molecule has 1 fully saturated rings. The van der Waals surface area contributed by atoms with Crippen molar-refractivity contribution in [3.63, 3.8) is 0 Å². The molecule has 0 radical (unpaired) electrons. The highest BCUT2D eigenvalue weighted by Crippen LogP contribution is 2.29. The lowest BCUT2D eigenvalue weighted by Crippen LogP contribution is -2.53. The van der Waals surface area contributed by atoms with Crippen molar-refractivity contribution >= 4 is 23.0 Å². The van der Waals surface area contributed by atoms with Gasteiger partial charge in [0, 0.05) is 30.6 Å². The number of nitrogens with zero attached hydrogens (tertiary/aromatic N) is 1. The lowest BCUT2D eigenvalue weighted by atomic mass is 9.93. The van der Waals surface area contributed by atoms with E-state index in [4.69, 9.17) is 4.79 Å². The van der Waals surface area contributed by atoms with Gasteiger partial charge in [0.15, 0.2) is 0 Å². The van der Waals surface area contributed by atoms with Crippen LogP contribution in [0.1, 0.15) is 38.1 Å². The number of aldehydes is 1. The molecule has 4 nitrogen and oxygen atoms in total. The third-order valence-corrected chi connectivity index (χ3v) is 5.46. The van der Waals surface area contributed by atoms with Gasteiger partial charge in [-0.1, -0.05) is 50.2 Å². The fourth-order valence-corrected chi connectivity index (χ4v) is 3.78. The lowest BCUT2D eigenvalue weighted by Gasteiger charge is -2.40. The van der Waals surface area contributed by atoms with Gasteiger partial charge in [-0.05, 0) is 67.1 Å². The molecule has 1 amide bonds. The Bertz CT molecular complexity index is 1040. The zero-order valence-corrected chi connectivity index (χ0v) is 22.3. The third kappa shape index (κ3) is 9.46. The minimum Gasteiger partial charge on any atom is -0.349 e. The van der Waals surface area contributed by atoms with Crippen LogP contribution in [0.25, 0.3) is 21.9 Å².